The third kappa shape index (κ3) is 5.82. The van der Waals surface area contributed by atoms with Gasteiger partial charge in [0.05, 0.1) is 0 Å². The van der Waals surface area contributed by atoms with E-state index in [4.69, 9.17) is 0 Å². The Morgan fingerprint density at radius 3 is 1.39 bits per heavy atom. The van der Waals surface area contributed by atoms with E-state index in [0.717, 1.165) is 6.42 Å². The van der Waals surface area contributed by atoms with Crippen LogP contribution in [0.1, 0.15) is 136 Å². The highest BCUT2D eigenvalue weighted by atomic mass is 14.3. The van der Waals surface area contributed by atoms with E-state index >= 15 is 0 Å². The summed E-state index contributed by atoms with van der Waals surface area (Å²) in [5.41, 5.74) is 9.36. The quantitative estimate of drug-likeness (QED) is 0.464. The Kier molecular flexibility index (Phi) is 6.98. The monoisotopic (exact) mass is 420 g/mol. The second-order valence-corrected chi connectivity index (χ2v) is 13.6. The van der Waals surface area contributed by atoms with Crippen molar-refractivity contribution in [1.29, 1.82) is 0 Å². The van der Waals surface area contributed by atoms with E-state index in [1.165, 1.54) is 33.4 Å². The van der Waals surface area contributed by atoms with Gasteiger partial charge in [0.25, 0.3) is 0 Å². The standard InChI is InChI=1S/C31H48/c1-14-23(24-17-15-22(29(5,6)7)20-27(24)31(11,12)13)25-19-21(28(2,3)4)16-18-26(25)30(8,9)10/h15-20,23H,14H2,1-13H3. The fraction of sp³-hybridized carbons (Fsp3) is 0.613. The summed E-state index contributed by atoms with van der Waals surface area (Å²) in [6.07, 6.45) is 1.11. The van der Waals surface area contributed by atoms with Crippen LogP contribution in [-0.2, 0) is 21.7 Å². The lowest BCUT2D eigenvalue weighted by Gasteiger charge is -2.34. The van der Waals surface area contributed by atoms with Crippen molar-refractivity contribution in [3.63, 3.8) is 0 Å². The molecule has 0 aliphatic rings. The van der Waals surface area contributed by atoms with Gasteiger partial charge in [0.1, 0.15) is 0 Å². The average molecular weight is 421 g/mol. The molecule has 0 saturated heterocycles. The molecule has 1 atom stereocenters. The van der Waals surface area contributed by atoms with Gasteiger partial charge in [-0.3, -0.25) is 0 Å². The smallest absolute Gasteiger partial charge is 0.00927 e. The molecule has 0 radical (unpaired) electrons. The lowest BCUT2D eigenvalue weighted by atomic mass is 9.71. The molecule has 0 aromatic heterocycles. The van der Waals surface area contributed by atoms with Gasteiger partial charge >= 0.3 is 0 Å². The summed E-state index contributed by atoms with van der Waals surface area (Å²) < 4.78 is 0. The molecule has 0 bridgehead atoms. The Labute approximate surface area is 193 Å². The first-order valence-corrected chi connectivity index (χ1v) is 12.2. The van der Waals surface area contributed by atoms with Crippen LogP contribution in [0.4, 0.5) is 0 Å². The van der Waals surface area contributed by atoms with Crippen LogP contribution in [0.15, 0.2) is 36.4 Å². The first-order valence-electron chi connectivity index (χ1n) is 12.2. The van der Waals surface area contributed by atoms with E-state index in [-0.39, 0.29) is 21.7 Å². The zero-order valence-electron chi connectivity index (χ0n) is 22.7. The highest BCUT2D eigenvalue weighted by Gasteiger charge is 2.30. The van der Waals surface area contributed by atoms with Crippen molar-refractivity contribution in [3.8, 4) is 0 Å². The van der Waals surface area contributed by atoms with Crippen molar-refractivity contribution in [2.45, 2.75) is 124 Å². The number of rotatable bonds is 3. The van der Waals surface area contributed by atoms with Crippen molar-refractivity contribution < 1.29 is 0 Å². The van der Waals surface area contributed by atoms with E-state index in [2.05, 4.69) is 126 Å². The van der Waals surface area contributed by atoms with Crippen molar-refractivity contribution in [1.82, 2.24) is 0 Å². The maximum absolute atomic E-state index is 2.51. The van der Waals surface area contributed by atoms with Crippen LogP contribution in [-0.4, -0.2) is 0 Å². The predicted molar refractivity (Wildman–Crippen MR) is 140 cm³/mol. The van der Waals surface area contributed by atoms with Crippen molar-refractivity contribution >= 4 is 0 Å². The van der Waals surface area contributed by atoms with E-state index in [0.29, 0.717) is 5.92 Å². The van der Waals surface area contributed by atoms with Crippen molar-refractivity contribution in [3.05, 3.63) is 69.8 Å². The molecule has 2 aromatic carbocycles. The Balaban J connectivity index is 2.84. The van der Waals surface area contributed by atoms with Crippen LogP contribution in [0.5, 0.6) is 0 Å². The molecule has 0 aliphatic heterocycles. The highest BCUT2D eigenvalue weighted by Crippen LogP contribution is 2.42. The molecule has 2 aromatic rings. The van der Waals surface area contributed by atoms with Crippen LogP contribution in [0.2, 0.25) is 0 Å². The molecule has 0 amide bonds. The maximum Gasteiger partial charge on any atom is 0.00927 e. The number of hydrogen-bond donors (Lipinski definition) is 0. The minimum Gasteiger partial charge on any atom is -0.0645 e. The van der Waals surface area contributed by atoms with Gasteiger partial charge in [-0.2, -0.15) is 0 Å². The summed E-state index contributed by atoms with van der Waals surface area (Å²) in [7, 11) is 0. The van der Waals surface area contributed by atoms with Crippen molar-refractivity contribution in [2.75, 3.05) is 0 Å². The van der Waals surface area contributed by atoms with Crippen LogP contribution >= 0.6 is 0 Å². The lowest BCUT2D eigenvalue weighted by Crippen LogP contribution is -2.23. The maximum atomic E-state index is 2.51. The molecule has 0 heterocycles. The molecule has 1 unspecified atom stereocenters. The van der Waals surface area contributed by atoms with E-state index < -0.39 is 0 Å². The SMILES string of the molecule is CCC(c1cc(C(C)(C)C)ccc1C(C)(C)C)c1ccc(C(C)(C)C)cc1C(C)(C)C. The Bertz CT molecular complexity index is 899. The van der Waals surface area contributed by atoms with Gasteiger partial charge < -0.3 is 0 Å². The van der Waals surface area contributed by atoms with Gasteiger partial charge in [0, 0.05) is 5.92 Å². The van der Waals surface area contributed by atoms with E-state index in [1.807, 2.05) is 0 Å². The van der Waals surface area contributed by atoms with Crippen LogP contribution in [0.3, 0.4) is 0 Å². The van der Waals surface area contributed by atoms with Gasteiger partial charge in [-0.1, -0.05) is 126 Å². The van der Waals surface area contributed by atoms with Gasteiger partial charge in [-0.05, 0) is 61.5 Å². The third-order valence-corrected chi connectivity index (χ3v) is 6.61. The summed E-state index contributed by atoms with van der Waals surface area (Å²) in [5.74, 6) is 0.403. The molecular weight excluding hydrogens is 372 g/mol. The van der Waals surface area contributed by atoms with Gasteiger partial charge in [0.15, 0.2) is 0 Å². The molecule has 0 aliphatic carbocycles. The normalized spacial score (nSPS) is 14.6. The second kappa shape index (κ2) is 8.42. The fourth-order valence-electron chi connectivity index (χ4n) is 4.58. The molecule has 0 spiro atoms. The molecular formula is C31H48. The topological polar surface area (TPSA) is 0 Å². The highest BCUT2D eigenvalue weighted by molar-refractivity contribution is 5.49. The van der Waals surface area contributed by atoms with Crippen molar-refractivity contribution in [2.24, 2.45) is 0 Å². The Hall–Kier alpha value is -1.56. The molecule has 0 N–H and O–H groups in total. The minimum atomic E-state index is 0.105. The summed E-state index contributed by atoms with van der Waals surface area (Å²) >= 11 is 0. The fourth-order valence-corrected chi connectivity index (χ4v) is 4.58. The average Bonchev–Trinajstić information content (AvgIpc) is 2.59. The zero-order chi connectivity index (χ0) is 24.0. The summed E-state index contributed by atoms with van der Waals surface area (Å²) in [5, 5.41) is 0. The Morgan fingerprint density at radius 2 is 0.968 bits per heavy atom. The molecule has 31 heavy (non-hydrogen) atoms. The zero-order valence-corrected chi connectivity index (χ0v) is 22.7. The minimum absolute atomic E-state index is 0.105. The lowest BCUT2D eigenvalue weighted by molar-refractivity contribution is 0.547. The number of hydrogen-bond acceptors (Lipinski definition) is 0. The van der Waals surface area contributed by atoms with E-state index in [9.17, 15) is 0 Å². The largest absolute Gasteiger partial charge is 0.0645 e. The first kappa shape index (κ1) is 25.7. The van der Waals surface area contributed by atoms with Crippen LogP contribution < -0.4 is 0 Å². The summed E-state index contributed by atoms with van der Waals surface area (Å²) in [6, 6.07) is 14.6. The van der Waals surface area contributed by atoms with Crippen LogP contribution in [0, 0.1) is 0 Å². The predicted octanol–water partition coefficient (Wildman–Crippen LogP) is 9.42. The summed E-state index contributed by atoms with van der Waals surface area (Å²) in [6.45, 7) is 30.4. The third-order valence-electron chi connectivity index (χ3n) is 6.61. The second-order valence-electron chi connectivity index (χ2n) is 13.6. The molecule has 0 saturated carbocycles. The molecule has 2 rings (SSSR count). The summed E-state index contributed by atoms with van der Waals surface area (Å²) in [4.78, 5) is 0. The molecule has 172 valence electrons. The molecule has 0 nitrogen and oxygen atoms in total. The molecule has 0 fully saturated rings. The first-order chi connectivity index (χ1) is 13.9. The molecule has 0 heteroatoms. The number of benzene rings is 2. The Morgan fingerprint density at radius 1 is 0.516 bits per heavy atom. The van der Waals surface area contributed by atoms with Crippen LogP contribution in [0.25, 0.3) is 0 Å². The van der Waals surface area contributed by atoms with Gasteiger partial charge in [0.2, 0.25) is 0 Å². The van der Waals surface area contributed by atoms with E-state index in [1.54, 1.807) is 0 Å². The van der Waals surface area contributed by atoms with Gasteiger partial charge in [-0.15, -0.1) is 0 Å². The van der Waals surface area contributed by atoms with Gasteiger partial charge in [-0.25, -0.2) is 0 Å².